The summed E-state index contributed by atoms with van der Waals surface area (Å²) in [5.74, 6) is -0.965. The lowest BCUT2D eigenvalue weighted by Gasteiger charge is -2.22. The van der Waals surface area contributed by atoms with Crippen LogP contribution in [-0.2, 0) is 0 Å². The van der Waals surface area contributed by atoms with Crippen LogP contribution in [0.2, 0.25) is 0 Å². The van der Waals surface area contributed by atoms with Gasteiger partial charge >= 0.3 is 5.97 Å². The van der Waals surface area contributed by atoms with Gasteiger partial charge in [0.05, 0.1) is 16.9 Å². The molecule has 2 rings (SSSR count). The molecule has 0 saturated carbocycles. The molecule has 19 heavy (non-hydrogen) atoms. The van der Waals surface area contributed by atoms with Crippen molar-refractivity contribution in [1.29, 1.82) is 0 Å². The molecule has 2 aromatic carbocycles. The van der Waals surface area contributed by atoms with Crippen molar-refractivity contribution in [1.82, 2.24) is 5.59 Å². The van der Waals surface area contributed by atoms with E-state index in [9.17, 15) is 15.1 Å². The van der Waals surface area contributed by atoms with Crippen LogP contribution in [-0.4, -0.2) is 21.4 Å². The Balaban J connectivity index is 2.34. The van der Waals surface area contributed by atoms with Crippen molar-refractivity contribution in [2.45, 2.75) is 0 Å². The molecule has 0 aliphatic carbocycles. The first-order valence-electron chi connectivity index (χ1n) is 5.44. The zero-order valence-corrected chi connectivity index (χ0v) is 9.82. The molecule has 98 valence electrons. The largest absolute Gasteiger partial charge is 0.508 e. The fourth-order valence-corrected chi connectivity index (χ4v) is 1.65. The van der Waals surface area contributed by atoms with E-state index in [-0.39, 0.29) is 11.3 Å². The molecule has 6 heteroatoms. The predicted molar refractivity (Wildman–Crippen MR) is 68.6 cm³/mol. The van der Waals surface area contributed by atoms with Gasteiger partial charge in [-0.3, -0.25) is 10.2 Å². The number of rotatable bonds is 4. The average molecular weight is 260 g/mol. The number of carbonyl (C=O) groups is 1. The number of phenols is 1. The minimum atomic E-state index is -1.02. The normalized spacial score (nSPS) is 10.2. The molecule has 0 aliphatic rings. The van der Waals surface area contributed by atoms with Gasteiger partial charge in [0.15, 0.2) is 0 Å². The highest BCUT2D eigenvalue weighted by Gasteiger charge is 2.10. The van der Waals surface area contributed by atoms with Gasteiger partial charge in [-0.1, -0.05) is 6.07 Å². The Labute approximate surface area is 109 Å². The van der Waals surface area contributed by atoms with E-state index >= 15 is 0 Å². The number of nitrogens with one attached hydrogen (secondary N) is 1. The first-order valence-corrected chi connectivity index (χ1v) is 5.44. The number of hydrogen-bond acceptors (Lipinski definition) is 5. The van der Waals surface area contributed by atoms with Crippen LogP contribution in [0.1, 0.15) is 10.4 Å². The molecule has 0 fully saturated rings. The number of aromatic hydroxyl groups is 1. The molecule has 0 atom stereocenters. The molecule has 0 bridgehead atoms. The summed E-state index contributed by atoms with van der Waals surface area (Å²) >= 11 is 0. The molecule has 0 amide bonds. The van der Waals surface area contributed by atoms with E-state index < -0.39 is 5.97 Å². The molecule has 0 unspecified atom stereocenters. The molecular weight excluding hydrogens is 248 g/mol. The van der Waals surface area contributed by atoms with E-state index in [0.717, 1.165) is 0 Å². The Kier molecular flexibility index (Phi) is 3.65. The number of nitrogens with zero attached hydrogens (tertiary/aromatic N) is 1. The molecule has 6 nitrogen and oxygen atoms in total. The molecule has 0 saturated heterocycles. The maximum Gasteiger partial charge on any atom is 0.335 e. The van der Waals surface area contributed by atoms with Gasteiger partial charge in [0.1, 0.15) is 5.75 Å². The third-order valence-electron chi connectivity index (χ3n) is 2.56. The second-order valence-electron chi connectivity index (χ2n) is 3.81. The summed E-state index contributed by atoms with van der Waals surface area (Å²) < 4.78 is 0. The number of anilines is 2. The van der Waals surface area contributed by atoms with Crippen LogP contribution in [0.15, 0.2) is 48.5 Å². The summed E-state index contributed by atoms with van der Waals surface area (Å²) in [7, 11) is 0. The fourth-order valence-electron chi connectivity index (χ4n) is 1.65. The Bertz CT molecular complexity index is 583. The molecular formula is C13H12N2O4. The molecule has 2 aromatic rings. The topological polar surface area (TPSA) is 93.0 Å². The minimum Gasteiger partial charge on any atom is -0.508 e. The first-order chi connectivity index (χ1) is 9.11. The van der Waals surface area contributed by atoms with Crippen molar-refractivity contribution in [2.75, 3.05) is 5.01 Å². The summed E-state index contributed by atoms with van der Waals surface area (Å²) in [5, 5.41) is 28.7. The van der Waals surface area contributed by atoms with Gasteiger partial charge < -0.3 is 10.2 Å². The smallest absolute Gasteiger partial charge is 0.335 e. The van der Waals surface area contributed by atoms with Crippen molar-refractivity contribution in [3.05, 3.63) is 54.1 Å². The third-order valence-corrected chi connectivity index (χ3v) is 2.56. The number of hydrazine groups is 1. The number of benzene rings is 2. The van der Waals surface area contributed by atoms with E-state index in [1.807, 2.05) is 5.59 Å². The lowest BCUT2D eigenvalue weighted by molar-refractivity contribution is 0.0697. The van der Waals surface area contributed by atoms with Gasteiger partial charge in [0.2, 0.25) is 0 Å². The zero-order chi connectivity index (χ0) is 13.8. The van der Waals surface area contributed by atoms with Gasteiger partial charge in [-0.2, -0.15) is 0 Å². The molecule has 0 aromatic heterocycles. The molecule has 0 spiro atoms. The number of phenolic OH excluding ortho intramolecular Hbond substituents is 1. The maximum absolute atomic E-state index is 10.8. The van der Waals surface area contributed by atoms with E-state index in [1.54, 1.807) is 12.1 Å². The van der Waals surface area contributed by atoms with Crippen LogP contribution < -0.4 is 10.6 Å². The van der Waals surface area contributed by atoms with E-state index in [1.165, 1.54) is 41.4 Å². The van der Waals surface area contributed by atoms with E-state index in [2.05, 4.69) is 0 Å². The Morgan fingerprint density at radius 3 is 2.26 bits per heavy atom. The van der Waals surface area contributed by atoms with Gasteiger partial charge in [0, 0.05) is 6.07 Å². The van der Waals surface area contributed by atoms with Gasteiger partial charge in [-0.25, -0.2) is 4.79 Å². The van der Waals surface area contributed by atoms with Crippen molar-refractivity contribution >= 4 is 17.3 Å². The van der Waals surface area contributed by atoms with E-state index in [4.69, 9.17) is 5.11 Å². The van der Waals surface area contributed by atoms with Crippen molar-refractivity contribution in [2.24, 2.45) is 0 Å². The quantitative estimate of drug-likeness (QED) is 0.629. The van der Waals surface area contributed by atoms with Gasteiger partial charge in [-0.15, -0.1) is 5.59 Å². The second kappa shape index (κ2) is 5.38. The van der Waals surface area contributed by atoms with E-state index in [0.29, 0.717) is 11.4 Å². The number of carboxylic acid groups (broad SMARTS) is 1. The SMILES string of the molecule is O=C(O)c1ccc(N(NO)c2cccc(O)c2)cc1. The number of carboxylic acids is 1. The summed E-state index contributed by atoms with van der Waals surface area (Å²) in [6, 6.07) is 12.2. The first kappa shape index (κ1) is 12.9. The van der Waals surface area contributed by atoms with Crippen LogP contribution >= 0.6 is 0 Å². The van der Waals surface area contributed by atoms with Crippen LogP contribution in [0, 0.1) is 0 Å². The maximum atomic E-state index is 10.8. The average Bonchev–Trinajstić information content (AvgIpc) is 2.40. The molecule has 4 N–H and O–H groups in total. The fraction of sp³-hybridized carbons (Fsp3) is 0. The highest BCUT2D eigenvalue weighted by molar-refractivity contribution is 5.88. The minimum absolute atomic E-state index is 0.0555. The zero-order valence-electron chi connectivity index (χ0n) is 9.82. The summed E-state index contributed by atoms with van der Waals surface area (Å²) in [6.45, 7) is 0. The molecule has 0 aliphatic heterocycles. The van der Waals surface area contributed by atoms with Crippen LogP contribution in [0.4, 0.5) is 11.4 Å². The number of aromatic carboxylic acids is 1. The predicted octanol–water partition coefficient (Wildman–Crippen LogP) is 2.12. The van der Waals surface area contributed by atoms with Crippen molar-refractivity contribution < 1.29 is 20.2 Å². The monoisotopic (exact) mass is 260 g/mol. The van der Waals surface area contributed by atoms with Crippen molar-refractivity contribution in [3.63, 3.8) is 0 Å². The van der Waals surface area contributed by atoms with Crippen LogP contribution in [0.25, 0.3) is 0 Å². The van der Waals surface area contributed by atoms with Gasteiger partial charge in [-0.05, 0) is 36.4 Å². The molecule has 0 radical (unpaired) electrons. The van der Waals surface area contributed by atoms with Crippen LogP contribution in [0.3, 0.4) is 0 Å². The second-order valence-corrected chi connectivity index (χ2v) is 3.81. The highest BCUT2D eigenvalue weighted by atomic mass is 16.5. The van der Waals surface area contributed by atoms with Crippen LogP contribution in [0.5, 0.6) is 5.75 Å². The summed E-state index contributed by atoms with van der Waals surface area (Å²) in [4.78, 5) is 10.8. The summed E-state index contributed by atoms with van der Waals surface area (Å²) in [6.07, 6.45) is 0. The Hall–Kier alpha value is -2.57. The van der Waals surface area contributed by atoms with Crippen molar-refractivity contribution in [3.8, 4) is 5.75 Å². The lowest BCUT2D eigenvalue weighted by atomic mass is 10.2. The molecule has 0 heterocycles. The number of hydrogen-bond donors (Lipinski definition) is 4. The Morgan fingerprint density at radius 1 is 1.05 bits per heavy atom. The Morgan fingerprint density at radius 2 is 1.74 bits per heavy atom. The lowest BCUT2D eigenvalue weighted by Crippen LogP contribution is -2.30. The summed E-state index contributed by atoms with van der Waals surface area (Å²) in [5.41, 5.74) is 3.17. The third kappa shape index (κ3) is 2.82. The standard InChI is InChI=1S/C13H12N2O4/c16-12-3-1-2-11(8-12)15(14-19)10-6-4-9(5-7-10)13(17)18/h1-8,14,16,19H,(H,17,18). The van der Waals surface area contributed by atoms with Gasteiger partial charge in [0.25, 0.3) is 0 Å². The highest BCUT2D eigenvalue weighted by Crippen LogP contribution is 2.26.